The van der Waals surface area contributed by atoms with E-state index in [1.54, 1.807) is 0 Å². The summed E-state index contributed by atoms with van der Waals surface area (Å²) in [6, 6.07) is 2.17. The highest BCUT2D eigenvalue weighted by molar-refractivity contribution is 6.76. The summed E-state index contributed by atoms with van der Waals surface area (Å²) < 4.78 is 0. The third kappa shape index (κ3) is 4.27. The van der Waals surface area contributed by atoms with Gasteiger partial charge in [0, 0.05) is 20.7 Å². The maximum atomic E-state index is 3.59. The number of hydrogen-bond acceptors (Lipinski definition) is 1. The normalized spacial score (nSPS) is 20.8. The fraction of sp³-hybridized carbons (Fsp3) is 1.00. The Hall–Kier alpha value is 0.177. The van der Waals surface area contributed by atoms with E-state index >= 15 is 0 Å². The maximum Gasteiger partial charge on any atom is 0.0448 e. The summed E-state index contributed by atoms with van der Waals surface area (Å²) in [7, 11) is -0.842. The van der Waals surface area contributed by atoms with Crippen LogP contribution in [0.5, 0.6) is 0 Å². The third-order valence-corrected chi connectivity index (χ3v) is 4.56. The van der Waals surface area contributed by atoms with E-state index in [0.29, 0.717) is 6.04 Å². The Bertz CT molecular complexity index is 165. The molecule has 0 amide bonds. The van der Waals surface area contributed by atoms with Gasteiger partial charge in [0.25, 0.3) is 0 Å². The monoisotopic (exact) mass is 199 g/mol. The molecule has 1 saturated carbocycles. The molecule has 0 aromatic rings. The summed E-state index contributed by atoms with van der Waals surface area (Å²) in [6.07, 6.45) is 2.94. The second-order valence-corrected chi connectivity index (χ2v) is 11.7. The predicted molar refractivity (Wildman–Crippen MR) is 63.0 cm³/mol. The zero-order valence-electron chi connectivity index (χ0n) is 9.91. The highest BCUT2D eigenvalue weighted by Gasteiger charge is 2.44. The van der Waals surface area contributed by atoms with Gasteiger partial charge >= 0.3 is 0 Å². The molecule has 1 nitrogen and oxygen atoms in total. The van der Waals surface area contributed by atoms with Gasteiger partial charge in [-0.3, -0.25) is 0 Å². The van der Waals surface area contributed by atoms with E-state index in [1.165, 1.54) is 25.4 Å². The summed E-state index contributed by atoms with van der Waals surface area (Å²) in [5.74, 6) is 0. The summed E-state index contributed by atoms with van der Waals surface area (Å²) in [5.41, 5.74) is 0.717. The van der Waals surface area contributed by atoms with Crippen LogP contribution in [0.15, 0.2) is 0 Å². The molecule has 78 valence electrons. The smallest absolute Gasteiger partial charge is 0.0448 e. The van der Waals surface area contributed by atoms with Crippen LogP contribution in [0.4, 0.5) is 0 Å². The van der Waals surface area contributed by atoms with Gasteiger partial charge < -0.3 is 5.32 Å². The van der Waals surface area contributed by atoms with Crippen LogP contribution in [0.25, 0.3) is 0 Å². The average molecular weight is 199 g/mol. The second kappa shape index (κ2) is 3.74. The van der Waals surface area contributed by atoms with Crippen LogP contribution in [0.1, 0.15) is 26.7 Å². The van der Waals surface area contributed by atoms with Gasteiger partial charge in [-0.1, -0.05) is 39.5 Å². The van der Waals surface area contributed by atoms with Crippen molar-refractivity contribution in [2.45, 2.75) is 58.4 Å². The molecule has 0 atom stereocenters. The van der Waals surface area contributed by atoms with Gasteiger partial charge in [-0.25, -0.2) is 0 Å². The lowest BCUT2D eigenvalue weighted by Crippen LogP contribution is -2.34. The quantitative estimate of drug-likeness (QED) is 0.671. The van der Waals surface area contributed by atoms with Gasteiger partial charge in [-0.05, 0) is 18.3 Å². The van der Waals surface area contributed by atoms with Gasteiger partial charge in [0.15, 0.2) is 0 Å². The molecule has 1 rings (SSSR count). The summed E-state index contributed by atoms with van der Waals surface area (Å²) in [6.45, 7) is 13.2. The molecule has 1 aliphatic carbocycles. The van der Waals surface area contributed by atoms with Crippen LogP contribution < -0.4 is 5.32 Å². The minimum Gasteiger partial charge on any atom is -0.314 e. The molecule has 1 fully saturated rings. The minimum atomic E-state index is -0.842. The third-order valence-electron chi connectivity index (χ3n) is 2.75. The number of nitrogens with one attached hydrogen (secondary N) is 1. The first-order valence-corrected chi connectivity index (χ1v) is 9.27. The molecule has 13 heavy (non-hydrogen) atoms. The summed E-state index contributed by atoms with van der Waals surface area (Å²) >= 11 is 0. The SMILES string of the molecule is CC(C)NCC1(C[Si](C)(C)C)CC1. The highest BCUT2D eigenvalue weighted by atomic mass is 28.3. The van der Waals surface area contributed by atoms with E-state index in [4.69, 9.17) is 0 Å². The summed E-state index contributed by atoms with van der Waals surface area (Å²) in [4.78, 5) is 0. The van der Waals surface area contributed by atoms with Crippen molar-refractivity contribution in [3.63, 3.8) is 0 Å². The van der Waals surface area contributed by atoms with Crippen LogP contribution in [0.2, 0.25) is 25.7 Å². The van der Waals surface area contributed by atoms with Crippen LogP contribution in [-0.2, 0) is 0 Å². The lowest BCUT2D eigenvalue weighted by Gasteiger charge is -2.25. The Morgan fingerprint density at radius 3 is 2.08 bits per heavy atom. The Kier molecular flexibility index (Phi) is 3.23. The lowest BCUT2D eigenvalue weighted by atomic mass is 10.1. The molecule has 0 aromatic heterocycles. The molecule has 0 aliphatic heterocycles. The van der Waals surface area contributed by atoms with Gasteiger partial charge in [-0.15, -0.1) is 0 Å². The predicted octanol–water partition coefficient (Wildman–Crippen LogP) is 3.10. The van der Waals surface area contributed by atoms with E-state index in [9.17, 15) is 0 Å². The molecule has 0 aromatic carbocycles. The van der Waals surface area contributed by atoms with Crippen molar-refractivity contribution < 1.29 is 0 Å². The van der Waals surface area contributed by atoms with Gasteiger partial charge in [0.2, 0.25) is 0 Å². The molecule has 1 aliphatic rings. The summed E-state index contributed by atoms with van der Waals surface area (Å²) in [5, 5.41) is 3.59. The largest absolute Gasteiger partial charge is 0.314 e. The van der Waals surface area contributed by atoms with E-state index in [2.05, 4.69) is 38.8 Å². The molecule has 0 unspecified atom stereocenters. The molecule has 0 bridgehead atoms. The molecule has 0 heterocycles. The zero-order chi connectivity index (χ0) is 10.1. The average Bonchev–Trinajstić information content (AvgIpc) is 2.62. The van der Waals surface area contributed by atoms with Crippen molar-refractivity contribution in [1.29, 1.82) is 0 Å². The molecular weight excluding hydrogens is 174 g/mol. The van der Waals surface area contributed by atoms with Crippen molar-refractivity contribution in [3.05, 3.63) is 0 Å². The Balaban J connectivity index is 2.31. The van der Waals surface area contributed by atoms with E-state index in [1.807, 2.05) is 0 Å². The van der Waals surface area contributed by atoms with Gasteiger partial charge in [0.1, 0.15) is 0 Å². The molecule has 0 saturated heterocycles. The molecule has 1 N–H and O–H groups in total. The first-order valence-electron chi connectivity index (χ1n) is 5.56. The molecular formula is C11H25NSi. The Labute approximate surface area is 84.3 Å². The molecule has 2 heteroatoms. The van der Waals surface area contributed by atoms with E-state index in [0.717, 1.165) is 5.41 Å². The Morgan fingerprint density at radius 2 is 1.77 bits per heavy atom. The minimum absolute atomic E-state index is 0.652. The highest BCUT2D eigenvalue weighted by Crippen LogP contribution is 2.51. The van der Waals surface area contributed by atoms with Crippen LogP contribution in [0, 0.1) is 5.41 Å². The topological polar surface area (TPSA) is 12.0 Å². The van der Waals surface area contributed by atoms with Crippen molar-refractivity contribution in [1.82, 2.24) is 5.32 Å². The molecule has 0 radical (unpaired) electrons. The van der Waals surface area contributed by atoms with Crippen molar-refractivity contribution >= 4 is 8.07 Å². The van der Waals surface area contributed by atoms with Gasteiger partial charge in [0.05, 0.1) is 0 Å². The van der Waals surface area contributed by atoms with Crippen molar-refractivity contribution in [2.24, 2.45) is 5.41 Å². The van der Waals surface area contributed by atoms with Crippen LogP contribution in [0.3, 0.4) is 0 Å². The van der Waals surface area contributed by atoms with E-state index < -0.39 is 8.07 Å². The van der Waals surface area contributed by atoms with Crippen molar-refractivity contribution in [3.8, 4) is 0 Å². The number of rotatable bonds is 5. The first kappa shape index (κ1) is 11.3. The standard InChI is InChI=1S/C11H25NSi/c1-10(2)12-8-11(6-7-11)9-13(3,4)5/h10,12H,6-9H2,1-5H3. The molecule has 0 spiro atoms. The number of hydrogen-bond donors (Lipinski definition) is 1. The zero-order valence-corrected chi connectivity index (χ0v) is 10.9. The lowest BCUT2D eigenvalue weighted by molar-refractivity contribution is 0.460. The first-order chi connectivity index (χ1) is 5.83. The van der Waals surface area contributed by atoms with Gasteiger partial charge in [-0.2, -0.15) is 0 Å². The second-order valence-electron chi connectivity index (χ2n) is 6.27. The maximum absolute atomic E-state index is 3.59. The van der Waals surface area contributed by atoms with Crippen LogP contribution >= 0.6 is 0 Å². The van der Waals surface area contributed by atoms with Crippen molar-refractivity contribution in [2.75, 3.05) is 6.54 Å². The van der Waals surface area contributed by atoms with E-state index in [-0.39, 0.29) is 0 Å². The fourth-order valence-electron chi connectivity index (χ4n) is 2.14. The fourth-order valence-corrected chi connectivity index (χ4v) is 4.87. The Morgan fingerprint density at radius 1 is 1.23 bits per heavy atom. The van der Waals surface area contributed by atoms with Crippen LogP contribution in [-0.4, -0.2) is 20.7 Å².